The molecule has 0 aromatic heterocycles. The summed E-state index contributed by atoms with van der Waals surface area (Å²) in [6.45, 7) is 0. The molecule has 0 saturated heterocycles. The summed E-state index contributed by atoms with van der Waals surface area (Å²) >= 11 is 0. The third kappa shape index (κ3) is 2.33. The van der Waals surface area contributed by atoms with Gasteiger partial charge in [-0.3, -0.25) is 10.1 Å². The number of carbonyl (C=O) groups excluding carboxylic acids is 1. The highest BCUT2D eigenvalue weighted by atomic mass is 16.6. The lowest BCUT2D eigenvalue weighted by Gasteiger charge is -2.62. The van der Waals surface area contributed by atoms with Crippen molar-refractivity contribution in [3.63, 3.8) is 0 Å². The van der Waals surface area contributed by atoms with E-state index in [0.717, 1.165) is 37.7 Å². The number of carboxylic acids is 1. The Kier molecular flexibility index (Phi) is 3.06. The number of aliphatic carboxylic acids is 1. The van der Waals surface area contributed by atoms with Crippen LogP contribution in [0.15, 0.2) is 24.3 Å². The number of nitrogens with zero attached hydrogens (tertiary/aromatic N) is 1. The predicted molar refractivity (Wildman–Crippen MR) is 81.5 cm³/mol. The third-order valence-corrected chi connectivity index (χ3v) is 6.39. The van der Waals surface area contributed by atoms with E-state index in [9.17, 15) is 20.0 Å². The number of non-ortho nitro benzene ring substituents is 1. The maximum absolute atomic E-state index is 11.3. The van der Waals surface area contributed by atoms with Gasteiger partial charge in [-0.2, -0.15) is 0 Å². The second kappa shape index (κ2) is 4.79. The molecule has 0 spiro atoms. The molecule has 23 heavy (non-hydrogen) atoms. The molecule has 4 aliphatic carbocycles. The van der Waals surface area contributed by atoms with Gasteiger partial charge in [-0.05, 0) is 73.2 Å². The van der Waals surface area contributed by atoms with E-state index in [2.05, 4.69) is 0 Å². The zero-order valence-corrected chi connectivity index (χ0v) is 13.0. The van der Waals surface area contributed by atoms with Gasteiger partial charge in [-0.25, -0.2) is 0 Å². The smallest absolute Gasteiger partial charge is 0.269 e. The predicted octanol–water partition coefficient (Wildman–Crippen LogP) is 2.57. The van der Waals surface area contributed by atoms with Crippen molar-refractivity contribution < 1.29 is 14.8 Å². The largest absolute Gasteiger partial charge is 0.550 e. The van der Waals surface area contributed by atoms with Crippen LogP contribution in [0.1, 0.15) is 50.5 Å². The van der Waals surface area contributed by atoms with Crippen LogP contribution in [-0.2, 0) is 10.2 Å². The second-order valence-electron chi connectivity index (χ2n) is 8.09. The summed E-state index contributed by atoms with van der Waals surface area (Å²) in [6.07, 6.45) is 6.46. The Morgan fingerprint density at radius 3 is 2.26 bits per heavy atom. The van der Waals surface area contributed by atoms with Crippen LogP contribution >= 0.6 is 0 Å². The first-order valence-electron chi connectivity index (χ1n) is 8.35. The Bertz CT molecular complexity index is 652. The Labute approximate surface area is 134 Å². The van der Waals surface area contributed by atoms with Crippen molar-refractivity contribution in [1.29, 1.82) is 0 Å². The molecule has 2 unspecified atom stereocenters. The highest BCUT2D eigenvalue weighted by Crippen LogP contribution is 2.66. The molecule has 5 nitrogen and oxygen atoms in total. The van der Waals surface area contributed by atoms with Gasteiger partial charge in [0.05, 0.1) is 4.92 Å². The van der Waals surface area contributed by atoms with Gasteiger partial charge in [-0.1, -0.05) is 12.1 Å². The zero-order valence-electron chi connectivity index (χ0n) is 13.0. The molecule has 4 bridgehead atoms. The maximum atomic E-state index is 11.3. The van der Waals surface area contributed by atoms with Gasteiger partial charge < -0.3 is 9.90 Å². The number of carbonyl (C=O) groups is 1. The van der Waals surface area contributed by atoms with Crippen LogP contribution in [0.2, 0.25) is 0 Å². The van der Waals surface area contributed by atoms with Crippen molar-refractivity contribution in [3.8, 4) is 0 Å². The van der Waals surface area contributed by atoms with Crippen molar-refractivity contribution in [2.45, 2.75) is 50.4 Å². The molecule has 122 valence electrons. The van der Waals surface area contributed by atoms with E-state index in [1.165, 1.54) is 6.42 Å². The fraction of sp³-hybridized carbons (Fsp3) is 0.611. The van der Waals surface area contributed by atoms with Gasteiger partial charge in [0.1, 0.15) is 0 Å². The molecular formula is C18H20NO4-. The lowest BCUT2D eigenvalue weighted by molar-refractivity contribution is -0.384. The highest BCUT2D eigenvalue weighted by Gasteiger charge is 2.57. The van der Waals surface area contributed by atoms with Crippen molar-refractivity contribution in [2.24, 2.45) is 17.3 Å². The molecule has 0 aliphatic heterocycles. The van der Waals surface area contributed by atoms with Crippen LogP contribution in [0.25, 0.3) is 0 Å². The average Bonchev–Trinajstić information content (AvgIpc) is 2.44. The number of rotatable bonds is 4. The van der Waals surface area contributed by atoms with E-state index in [0.29, 0.717) is 11.8 Å². The van der Waals surface area contributed by atoms with Gasteiger partial charge in [-0.15, -0.1) is 0 Å². The first kappa shape index (κ1) is 14.7. The summed E-state index contributed by atoms with van der Waals surface area (Å²) in [5.74, 6) is 0.238. The topological polar surface area (TPSA) is 83.3 Å². The van der Waals surface area contributed by atoms with Gasteiger partial charge in [0.2, 0.25) is 0 Å². The van der Waals surface area contributed by atoms with Gasteiger partial charge in [0.25, 0.3) is 5.69 Å². The third-order valence-electron chi connectivity index (χ3n) is 6.39. The number of nitro groups is 1. The zero-order chi connectivity index (χ0) is 16.2. The van der Waals surface area contributed by atoms with Crippen molar-refractivity contribution in [1.82, 2.24) is 0 Å². The molecule has 5 rings (SSSR count). The Hall–Kier alpha value is -1.91. The molecule has 4 saturated carbocycles. The number of hydrogen-bond donors (Lipinski definition) is 0. The number of carboxylic acid groups (broad SMARTS) is 1. The monoisotopic (exact) mass is 314 g/mol. The molecule has 0 radical (unpaired) electrons. The summed E-state index contributed by atoms with van der Waals surface area (Å²) in [4.78, 5) is 21.8. The van der Waals surface area contributed by atoms with Crippen molar-refractivity contribution >= 4 is 11.7 Å². The molecule has 4 fully saturated rings. The number of nitro benzene ring substituents is 1. The summed E-state index contributed by atoms with van der Waals surface area (Å²) in [6, 6.07) is 6.94. The number of benzene rings is 1. The van der Waals surface area contributed by atoms with Crippen LogP contribution in [0, 0.1) is 27.4 Å². The Morgan fingerprint density at radius 1 is 1.13 bits per heavy atom. The fourth-order valence-electron chi connectivity index (χ4n) is 6.24. The first-order valence-corrected chi connectivity index (χ1v) is 8.35. The molecule has 1 aromatic carbocycles. The van der Waals surface area contributed by atoms with E-state index >= 15 is 0 Å². The summed E-state index contributed by atoms with van der Waals surface area (Å²) in [5, 5.41) is 22.1. The molecule has 0 N–H and O–H groups in total. The van der Waals surface area contributed by atoms with E-state index in [-0.39, 0.29) is 27.9 Å². The minimum Gasteiger partial charge on any atom is -0.550 e. The molecule has 4 aliphatic rings. The van der Waals surface area contributed by atoms with Gasteiger partial charge in [0.15, 0.2) is 0 Å². The van der Waals surface area contributed by atoms with Gasteiger partial charge >= 0.3 is 0 Å². The second-order valence-corrected chi connectivity index (χ2v) is 8.09. The average molecular weight is 314 g/mol. The van der Waals surface area contributed by atoms with Crippen LogP contribution in [-0.4, -0.2) is 10.9 Å². The van der Waals surface area contributed by atoms with E-state index < -0.39 is 5.97 Å². The summed E-state index contributed by atoms with van der Waals surface area (Å²) < 4.78 is 0. The van der Waals surface area contributed by atoms with Gasteiger partial charge in [0, 0.05) is 18.1 Å². The van der Waals surface area contributed by atoms with E-state index in [1.807, 2.05) is 12.1 Å². The number of hydrogen-bond acceptors (Lipinski definition) is 4. The summed E-state index contributed by atoms with van der Waals surface area (Å²) in [5.41, 5.74) is 1.15. The SMILES string of the molecule is O=C([O-])CC12C[C@H]3C[C@@H](C1)CC(c1ccc([N+](=O)[O-])cc1)(C3)C2. The van der Waals surface area contributed by atoms with Crippen LogP contribution in [0.5, 0.6) is 0 Å². The van der Waals surface area contributed by atoms with E-state index in [1.54, 1.807) is 12.1 Å². The Morgan fingerprint density at radius 2 is 1.74 bits per heavy atom. The maximum Gasteiger partial charge on any atom is 0.269 e. The minimum absolute atomic E-state index is 0.00859. The fourth-order valence-corrected chi connectivity index (χ4v) is 6.24. The normalized spacial score (nSPS) is 37.7. The van der Waals surface area contributed by atoms with Crippen LogP contribution in [0.3, 0.4) is 0 Å². The molecule has 4 atom stereocenters. The first-order chi connectivity index (χ1) is 10.9. The molecule has 0 heterocycles. The lowest BCUT2D eigenvalue weighted by Crippen LogP contribution is -2.55. The summed E-state index contributed by atoms with van der Waals surface area (Å²) in [7, 11) is 0. The lowest BCUT2D eigenvalue weighted by atomic mass is 9.42. The van der Waals surface area contributed by atoms with Crippen molar-refractivity contribution in [3.05, 3.63) is 39.9 Å². The van der Waals surface area contributed by atoms with E-state index in [4.69, 9.17) is 0 Å². The molecular weight excluding hydrogens is 294 g/mol. The Balaban J connectivity index is 1.70. The van der Waals surface area contributed by atoms with Crippen LogP contribution in [0.4, 0.5) is 5.69 Å². The standard InChI is InChI=1S/C18H21NO4/c20-16(21)10-17-6-12-5-13(7-17)9-18(8-12,11-17)14-1-3-15(4-2-14)19(22)23/h1-4,12-13H,5-11H2,(H,20,21)/p-1/t12-,13+,17?,18?. The highest BCUT2D eigenvalue weighted by molar-refractivity contribution is 5.65. The molecule has 0 amide bonds. The van der Waals surface area contributed by atoms with Crippen LogP contribution < -0.4 is 5.11 Å². The molecule has 1 aromatic rings. The molecule has 5 heteroatoms. The minimum atomic E-state index is -0.939. The van der Waals surface area contributed by atoms with Crippen molar-refractivity contribution in [2.75, 3.05) is 0 Å². The quantitative estimate of drug-likeness (QED) is 0.631.